The number of esters is 3. The first-order chi connectivity index (χ1) is 29.9. The largest absolute Gasteiger partial charge is 0.462 e. The van der Waals surface area contributed by atoms with Crippen molar-refractivity contribution in [2.45, 2.75) is 316 Å². The van der Waals surface area contributed by atoms with Gasteiger partial charge < -0.3 is 14.2 Å². The van der Waals surface area contributed by atoms with Gasteiger partial charge in [-0.3, -0.25) is 14.4 Å². The Bertz CT molecular complexity index is 918. The minimum atomic E-state index is -0.759. The first-order valence-electron chi connectivity index (χ1n) is 27.4. The van der Waals surface area contributed by atoms with Crippen molar-refractivity contribution in [1.82, 2.24) is 0 Å². The molecule has 0 aromatic heterocycles. The van der Waals surface area contributed by atoms with E-state index in [9.17, 15) is 14.4 Å². The van der Waals surface area contributed by atoms with Gasteiger partial charge in [-0.25, -0.2) is 0 Å². The van der Waals surface area contributed by atoms with Gasteiger partial charge in [-0.05, 0) is 25.2 Å². The lowest BCUT2D eigenvalue weighted by molar-refractivity contribution is -0.167. The van der Waals surface area contributed by atoms with Crippen LogP contribution in [0.25, 0.3) is 0 Å². The van der Waals surface area contributed by atoms with E-state index in [1.54, 1.807) is 0 Å². The summed E-state index contributed by atoms with van der Waals surface area (Å²) in [6, 6.07) is 0. The number of ether oxygens (including phenoxy) is 3. The fourth-order valence-electron chi connectivity index (χ4n) is 8.39. The van der Waals surface area contributed by atoms with E-state index >= 15 is 0 Å². The molecular weight excluding hydrogens is 757 g/mol. The van der Waals surface area contributed by atoms with Gasteiger partial charge in [-0.2, -0.15) is 0 Å². The van der Waals surface area contributed by atoms with E-state index in [2.05, 4.69) is 27.7 Å². The second kappa shape index (κ2) is 49.4. The van der Waals surface area contributed by atoms with Gasteiger partial charge in [-0.1, -0.05) is 272 Å². The Morgan fingerprint density at radius 1 is 0.311 bits per heavy atom. The van der Waals surface area contributed by atoms with Gasteiger partial charge in [0.25, 0.3) is 0 Å². The second-order valence-electron chi connectivity index (χ2n) is 19.3. The molecule has 0 aliphatic rings. The molecular formula is C55H106O6. The minimum Gasteiger partial charge on any atom is -0.462 e. The molecule has 0 radical (unpaired) electrons. The fraction of sp³-hybridized carbons (Fsp3) is 0.945. The summed E-state index contributed by atoms with van der Waals surface area (Å²) >= 11 is 0. The predicted octanol–water partition coefficient (Wildman–Crippen LogP) is 17.8. The van der Waals surface area contributed by atoms with Gasteiger partial charge in [0.2, 0.25) is 0 Å². The number of hydrogen-bond acceptors (Lipinski definition) is 6. The van der Waals surface area contributed by atoms with E-state index in [-0.39, 0.29) is 31.1 Å². The maximum atomic E-state index is 12.8. The molecule has 0 rings (SSSR count). The molecule has 0 heterocycles. The highest BCUT2D eigenvalue weighted by Gasteiger charge is 2.19. The number of unbranched alkanes of at least 4 members (excludes halogenated alkanes) is 37. The highest BCUT2D eigenvalue weighted by Crippen LogP contribution is 2.18. The van der Waals surface area contributed by atoms with Crippen LogP contribution >= 0.6 is 0 Å². The molecule has 0 bridgehead atoms. The van der Waals surface area contributed by atoms with Crippen LogP contribution in [-0.2, 0) is 28.6 Å². The smallest absolute Gasteiger partial charge is 0.306 e. The summed E-state index contributed by atoms with van der Waals surface area (Å²) < 4.78 is 16.7. The Balaban J connectivity index is 4.06. The zero-order valence-electron chi connectivity index (χ0n) is 41.6. The van der Waals surface area contributed by atoms with Gasteiger partial charge in [-0.15, -0.1) is 0 Å². The Kier molecular flexibility index (Phi) is 48.1. The average Bonchev–Trinajstić information content (AvgIpc) is 3.24. The molecule has 61 heavy (non-hydrogen) atoms. The van der Waals surface area contributed by atoms with Crippen molar-refractivity contribution in [3.8, 4) is 0 Å². The number of rotatable bonds is 50. The van der Waals surface area contributed by atoms with Crippen LogP contribution < -0.4 is 0 Å². The Labute approximate surface area is 380 Å². The molecule has 0 unspecified atom stereocenters. The van der Waals surface area contributed by atoms with Crippen molar-refractivity contribution in [2.24, 2.45) is 5.92 Å². The Morgan fingerprint density at radius 2 is 0.541 bits per heavy atom. The standard InChI is InChI=1S/C55H106O6/c1-5-7-9-11-12-13-14-15-16-17-18-19-24-27-30-33-36-40-44-48-55(58)61-52(49-59-53(56)46-42-37-10-8-6-2)50-60-54(57)47-43-39-35-32-29-26-23-21-20-22-25-28-31-34-38-41-45-51(3)4/h51-52H,5-50H2,1-4H3/t52-/m1/s1. The van der Waals surface area contributed by atoms with Crippen molar-refractivity contribution in [2.75, 3.05) is 13.2 Å². The third kappa shape index (κ3) is 49.3. The van der Waals surface area contributed by atoms with Crippen LogP contribution in [0.3, 0.4) is 0 Å². The molecule has 0 aliphatic carbocycles. The lowest BCUT2D eigenvalue weighted by Gasteiger charge is -2.18. The van der Waals surface area contributed by atoms with Crippen molar-refractivity contribution >= 4 is 17.9 Å². The first-order valence-corrected chi connectivity index (χ1v) is 27.4. The van der Waals surface area contributed by atoms with Crippen molar-refractivity contribution in [3.05, 3.63) is 0 Å². The molecule has 6 heteroatoms. The van der Waals surface area contributed by atoms with Gasteiger partial charge in [0.15, 0.2) is 6.10 Å². The molecule has 0 amide bonds. The van der Waals surface area contributed by atoms with Crippen LogP contribution in [0.4, 0.5) is 0 Å². The van der Waals surface area contributed by atoms with Crippen LogP contribution in [0.5, 0.6) is 0 Å². The SMILES string of the molecule is CCCCCCCCCCCCCCCCCCCCCC(=O)O[C@H](COC(=O)CCCCCCC)COC(=O)CCCCCCCCCCCCCCCCCCC(C)C. The van der Waals surface area contributed by atoms with E-state index in [1.807, 2.05) is 0 Å². The Hall–Kier alpha value is -1.59. The summed E-state index contributed by atoms with van der Waals surface area (Å²) in [6.45, 7) is 8.98. The maximum Gasteiger partial charge on any atom is 0.306 e. The van der Waals surface area contributed by atoms with E-state index in [1.165, 1.54) is 199 Å². The first kappa shape index (κ1) is 59.4. The molecule has 0 spiro atoms. The highest BCUT2D eigenvalue weighted by atomic mass is 16.6. The molecule has 0 saturated carbocycles. The van der Waals surface area contributed by atoms with Crippen molar-refractivity contribution in [3.63, 3.8) is 0 Å². The predicted molar refractivity (Wildman–Crippen MR) is 261 cm³/mol. The monoisotopic (exact) mass is 863 g/mol. The van der Waals surface area contributed by atoms with E-state index in [0.717, 1.165) is 70.1 Å². The van der Waals surface area contributed by atoms with Gasteiger partial charge in [0.05, 0.1) is 0 Å². The minimum absolute atomic E-state index is 0.0635. The quantitative estimate of drug-likeness (QED) is 0.0344. The van der Waals surface area contributed by atoms with Crippen LogP contribution in [0.2, 0.25) is 0 Å². The third-order valence-electron chi connectivity index (χ3n) is 12.5. The number of carbonyl (C=O) groups excluding carboxylic acids is 3. The molecule has 0 saturated heterocycles. The van der Waals surface area contributed by atoms with E-state index < -0.39 is 6.10 Å². The lowest BCUT2D eigenvalue weighted by Crippen LogP contribution is -2.30. The average molecular weight is 863 g/mol. The molecule has 362 valence electrons. The summed E-state index contributed by atoms with van der Waals surface area (Å²) in [4.78, 5) is 37.7. The van der Waals surface area contributed by atoms with Crippen LogP contribution in [-0.4, -0.2) is 37.2 Å². The Morgan fingerprint density at radius 3 is 0.803 bits per heavy atom. The summed E-state index contributed by atoms with van der Waals surface area (Å²) in [5, 5.41) is 0. The van der Waals surface area contributed by atoms with Crippen LogP contribution in [0.1, 0.15) is 310 Å². The summed E-state index contributed by atoms with van der Waals surface area (Å²) in [5.74, 6) is -0.00276. The van der Waals surface area contributed by atoms with Gasteiger partial charge >= 0.3 is 17.9 Å². The summed E-state index contributed by atoms with van der Waals surface area (Å²) in [6.07, 6.45) is 52.8. The highest BCUT2D eigenvalue weighted by molar-refractivity contribution is 5.71. The maximum absolute atomic E-state index is 12.8. The lowest BCUT2D eigenvalue weighted by atomic mass is 10.0. The summed E-state index contributed by atoms with van der Waals surface area (Å²) in [5.41, 5.74) is 0. The third-order valence-corrected chi connectivity index (χ3v) is 12.5. The van der Waals surface area contributed by atoms with Gasteiger partial charge in [0, 0.05) is 19.3 Å². The van der Waals surface area contributed by atoms with E-state index in [0.29, 0.717) is 19.3 Å². The number of hydrogen-bond donors (Lipinski definition) is 0. The zero-order chi connectivity index (χ0) is 44.5. The topological polar surface area (TPSA) is 78.9 Å². The molecule has 1 atom stereocenters. The zero-order valence-corrected chi connectivity index (χ0v) is 41.6. The normalized spacial score (nSPS) is 12.0. The number of carbonyl (C=O) groups is 3. The van der Waals surface area contributed by atoms with Crippen LogP contribution in [0.15, 0.2) is 0 Å². The van der Waals surface area contributed by atoms with Crippen molar-refractivity contribution in [1.29, 1.82) is 0 Å². The van der Waals surface area contributed by atoms with Crippen molar-refractivity contribution < 1.29 is 28.6 Å². The second-order valence-corrected chi connectivity index (χ2v) is 19.3. The van der Waals surface area contributed by atoms with E-state index in [4.69, 9.17) is 14.2 Å². The molecule has 0 aromatic carbocycles. The summed E-state index contributed by atoms with van der Waals surface area (Å²) in [7, 11) is 0. The molecule has 0 N–H and O–H groups in total. The molecule has 0 aromatic rings. The van der Waals surface area contributed by atoms with Crippen LogP contribution in [0, 0.1) is 5.92 Å². The van der Waals surface area contributed by atoms with Gasteiger partial charge in [0.1, 0.15) is 13.2 Å². The fourth-order valence-corrected chi connectivity index (χ4v) is 8.39. The molecule has 0 fully saturated rings. The molecule has 6 nitrogen and oxygen atoms in total. The molecule has 0 aliphatic heterocycles.